The van der Waals surface area contributed by atoms with Crippen LogP contribution >= 0.6 is 27.2 Å². The molecule has 14 nitrogen and oxygen atoms in total. The highest BCUT2D eigenvalue weighted by Gasteiger charge is 2.46. The number of carbonyl (C=O) groups excluding carboxylic acids is 4. The van der Waals surface area contributed by atoms with Gasteiger partial charge < -0.3 is 19.0 Å². The maximum Gasteiger partial charge on any atom is 0.473 e. The van der Waals surface area contributed by atoms with Crippen LogP contribution in [0, 0.1) is 0 Å². The van der Waals surface area contributed by atoms with E-state index in [1.807, 2.05) is 13.8 Å². The summed E-state index contributed by atoms with van der Waals surface area (Å²) in [6.07, 6.45) is 1.83. The van der Waals surface area contributed by atoms with E-state index in [2.05, 4.69) is 0 Å². The summed E-state index contributed by atoms with van der Waals surface area (Å²) < 4.78 is 46.7. The first-order valence-electron chi connectivity index (χ1n) is 14.6. The lowest BCUT2D eigenvalue weighted by Gasteiger charge is -2.35. The minimum absolute atomic E-state index is 0.0458. The molecule has 4 unspecified atom stereocenters. The minimum Gasteiger partial charge on any atom is -0.363 e. The van der Waals surface area contributed by atoms with Gasteiger partial charge in [0.25, 0.3) is 11.8 Å². The second kappa shape index (κ2) is 14.4. The molecule has 17 heteroatoms. The predicted molar refractivity (Wildman–Crippen MR) is 168 cm³/mol. The first-order chi connectivity index (χ1) is 20.2. The number of hydrogen-bond donors (Lipinski definition) is 2. The van der Waals surface area contributed by atoms with Crippen LogP contribution < -0.4 is 0 Å². The fraction of sp³-hybridized carbons (Fsp3) is 0.786. The molecule has 2 aliphatic heterocycles. The van der Waals surface area contributed by atoms with Crippen molar-refractivity contribution in [2.75, 3.05) is 19.7 Å². The van der Waals surface area contributed by atoms with Gasteiger partial charge in [-0.05, 0) is 68.2 Å². The molecule has 0 aromatic carbocycles. The molecule has 0 aromatic rings. The van der Waals surface area contributed by atoms with E-state index in [1.54, 1.807) is 41.5 Å². The standard InChI is InChI=1S/C28H48N2O12P2S/c1-19(40-43(35,36)28(9,10)39-16-13-26(5,6)42-44(37,38)41-25(2,3)4)18-27(7,8)45-20-17-23(33)30(24(20)34)15-14-29-21(31)11-12-22(29)32/h11-12,19-20H,13-18H2,1-10H3,(H,35,36)(H,37,38). The molecule has 0 radical (unpaired) electrons. The maximum absolute atomic E-state index is 13.3. The number of nitrogens with zero attached hydrogens (tertiary/aromatic N) is 2. The lowest BCUT2D eigenvalue weighted by molar-refractivity contribution is -0.142. The van der Waals surface area contributed by atoms with Crippen molar-refractivity contribution in [1.82, 2.24) is 9.80 Å². The van der Waals surface area contributed by atoms with Crippen molar-refractivity contribution in [2.24, 2.45) is 0 Å². The van der Waals surface area contributed by atoms with E-state index in [4.69, 9.17) is 18.3 Å². The van der Waals surface area contributed by atoms with E-state index >= 15 is 0 Å². The summed E-state index contributed by atoms with van der Waals surface area (Å²) in [7, 11) is -8.76. The zero-order valence-electron chi connectivity index (χ0n) is 27.7. The third-order valence-electron chi connectivity index (χ3n) is 6.81. The largest absolute Gasteiger partial charge is 0.473 e. The topological polar surface area (TPSA) is 186 Å². The first-order valence-corrected chi connectivity index (χ1v) is 18.6. The van der Waals surface area contributed by atoms with Crippen molar-refractivity contribution in [1.29, 1.82) is 0 Å². The SMILES string of the molecule is CC(CC(C)(C)SC1CC(=O)N(CCN2C(=O)C=CC2=O)C1=O)OP(=O)(O)C(C)(C)OCCC(C)(C)OP(=O)(O)OC(C)(C)C. The average Bonchev–Trinajstić information content (AvgIpc) is 3.24. The number of amides is 4. The first kappa shape index (κ1) is 39.8. The Hall–Kier alpha value is -1.41. The summed E-state index contributed by atoms with van der Waals surface area (Å²) in [5.41, 5.74) is -2.07. The van der Waals surface area contributed by atoms with E-state index in [0.29, 0.717) is 0 Å². The number of phosphoric acid groups is 1. The van der Waals surface area contributed by atoms with Crippen molar-refractivity contribution < 1.29 is 56.4 Å². The Kier molecular flexibility index (Phi) is 12.7. The van der Waals surface area contributed by atoms with Crippen molar-refractivity contribution >= 4 is 50.8 Å². The monoisotopic (exact) mass is 698 g/mol. The highest BCUT2D eigenvalue weighted by atomic mass is 32.2. The van der Waals surface area contributed by atoms with Gasteiger partial charge in [0.15, 0.2) is 5.34 Å². The molecule has 2 N–H and O–H groups in total. The molecular formula is C28H48N2O12P2S. The number of carbonyl (C=O) groups is 4. The highest BCUT2D eigenvalue weighted by molar-refractivity contribution is 8.02. The Labute approximate surface area is 269 Å². The molecule has 0 saturated carbocycles. The summed E-state index contributed by atoms with van der Waals surface area (Å²) >= 11 is 1.25. The highest BCUT2D eigenvalue weighted by Crippen LogP contribution is 2.58. The van der Waals surface area contributed by atoms with Gasteiger partial charge in [0.2, 0.25) is 11.8 Å². The smallest absolute Gasteiger partial charge is 0.363 e. The van der Waals surface area contributed by atoms with Crippen LogP contribution in [0.2, 0.25) is 0 Å². The average molecular weight is 699 g/mol. The molecule has 2 aliphatic rings. The molecule has 2 rings (SSSR count). The molecular weight excluding hydrogens is 650 g/mol. The summed E-state index contributed by atoms with van der Waals surface area (Å²) in [6, 6.07) is 0. The Balaban J connectivity index is 1.90. The van der Waals surface area contributed by atoms with Crippen LogP contribution in [0.4, 0.5) is 0 Å². The molecule has 0 bridgehead atoms. The van der Waals surface area contributed by atoms with Gasteiger partial charge in [-0.25, -0.2) is 4.57 Å². The molecule has 0 aliphatic carbocycles. The van der Waals surface area contributed by atoms with Crippen LogP contribution in [0.5, 0.6) is 0 Å². The molecule has 1 fully saturated rings. The number of rotatable bonds is 17. The molecule has 0 aromatic heterocycles. The minimum atomic E-state index is -4.38. The van der Waals surface area contributed by atoms with Crippen LogP contribution in [0.15, 0.2) is 12.2 Å². The number of phosphoric ester groups is 1. The molecule has 1 saturated heterocycles. The summed E-state index contributed by atoms with van der Waals surface area (Å²) in [4.78, 5) is 72.1. The van der Waals surface area contributed by atoms with Gasteiger partial charge in [0.05, 0.1) is 29.2 Å². The Bertz CT molecular complexity index is 1260. The number of hydrogen-bond acceptors (Lipinski definition) is 11. The van der Waals surface area contributed by atoms with Crippen molar-refractivity contribution in [3.63, 3.8) is 0 Å². The summed E-state index contributed by atoms with van der Waals surface area (Å²) in [5, 5.41) is -2.33. The van der Waals surface area contributed by atoms with Crippen LogP contribution in [0.3, 0.4) is 0 Å². The number of likely N-dealkylation sites (tertiary alicyclic amines) is 1. The molecule has 4 atom stereocenters. The van der Waals surface area contributed by atoms with Crippen LogP contribution in [-0.2, 0) is 46.6 Å². The van der Waals surface area contributed by atoms with Crippen molar-refractivity contribution in [3.05, 3.63) is 12.2 Å². The summed E-state index contributed by atoms with van der Waals surface area (Å²) in [6.45, 7) is 15.8. The van der Waals surface area contributed by atoms with E-state index in [9.17, 15) is 38.1 Å². The van der Waals surface area contributed by atoms with Crippen molar-refractivity contribution in [2.45, 2.75) is 121 Å². The predicted octanol–water partition coefficient (Wildman–Crippen LogP) is 4.38. The molecule has 2 heterocycles. The molecule has 258 valence electrons. The fourth-order valence-corrected chi connectivity index (χ4v) is 8.79. The second-order valence-electron chi connectivity index (χ2n) is 13.8. The lowest BCUT2D eigenvalue weighted by atomic mass is 10.1. The Morgan fingerprint density at radius 2 is 1.44 bits per heavy atom. The Morgan fingerprint density at radius 1 is 0.911 bits per heavy atom. The zero-order chi connectivity index (χ0) is 34.8. The summed E-state index contributed by atoms with van der Waals surface area (Å²) in [5.74, 6) is -1.81. The van der Waals surface area contributed by atoms with Gasteiger partial charge >= 0.3 is 15.4 Å². The van der Waals surface area contributed by atoms with Gasteiger partial charge in [-0.2, -0.15) is 0 Å². The van der Waals surface area contributed by atoms with Gasteiger partial charge in [-0.1, -0.05) is 13.8 Å². The van der Waals surface area contributed by atoms with Crippen LogP contribution in [0.25, 0.3) is 0 Å². The third-order valence-corrected chi connectivity index (χ3v) is 11.9. The van der Waals surface area contributed by atoms with Crippen LogP contribution in [-0.4, -0.2) is 95.6 Å². The van der Waals surface area contributed by atoms with Crippen molar-refractivity contribution in [3.8, 4) is 0 Å². The number of imide groups is 2. The van der Waals surface area contributed by atoms with Gasteiger partial charge in [0, 0.05) is 36.4 Å². The fourth-order valence-electron chi connectivity index (χ4n) is 4.72. The normalized spacial score (nSPS) is 21.9. The third kappa shape index (κ3) is 12.0. The molecule has 45 heavy (non-hydrogen) atoms. The maximum atomic E-state index is 13.3. The van der Waals surface area contributed by atoms with Gasteiger partial charge in [-0.15, -0.1) is 11.8 Å². The number of thioether (sulfide) groups is 1. The zero-order valence-corrected chi connectivity index (χ0v) is 30.3. The second-order valence-corrected chi connectivity index (χ2v) is 19.4. The van der Waals surface area contributed by atoms with E-state index in [0.717, 1.165) is 22.0 Å². The van der Waals surface area contributed by atoms with Gasteiger partial charge in [-0.3, -0.25) is 42.6 Å². The Morgan fingerprint density at radius 3 is 1.98 bits per heavy atom. The number of ether oxygens (including phenoxy) is 1. The molecule has 0 spiro atoms. The van der Waals surface area contributed by atoms with Gasteiger partial charge in [0.1, 0.15) is 0 Å². The van der Waals surface area contributed by atoms with E-state index in [-0.39, 0.29) is 39.0 Å². The van der Waals surface area contributed by atoms with Crippen LogP contribution in [0.1, 0.15) is 88.5 Å². The van der Waals surface area contributed by atoms with E-state index in [1.165, 1.54) is 25.6 Å². The quantitative estimate of drug-likeness (QED) is 0.161. The molecule has 4 amide bonds. The lowest BCUT2D eigenvalue weighted by Crippen LogP contribution is -2.41. The van der Waals surface area contributed by atoms with E-state index < -0.39 is 71.7 Å².